The van der Waals surface area contributed by atoms with Gasteiger partial charge in [-0.3, -0.25) is 4.79 Å². The monoisotopic (exact) mass is 370 g/mol. The van der Waals surface area contributed by atoms with Crippen LogP contribution in [0.3, 0.4) is 0 Å². The number of carbonyl (C=O) groups excluding carboxylic acids is 1. The quantitative estimate of drug-likeness (QED) is 0.839. The van der Waals surface area contributed by atoms with Crippen molar-refractivity contribution in [1.82, 2.24) is 0 Å². The summed E-state index contributed by atoms with van der Waals surface area (Å²) in [5, 5.41) is 7.85. The van der Waals surface area contributed by atoms with Crippen LogP contribution in [-0.4, -0.2) is 28.5 Å². The van der Waals surface area contributed by atoms with Crippen LogP contribution in [0.1, 0.15) is 10.4 Å². The number of nitrogens with one attached hydrogen (secondary N) is 1. The SMILES string of the molecule is COc1cc(C(=O)Nc2cccc(S(N)(=O)=O)c2)cc(Cl)c1OC. The smallest absolute Gasteiger partial charge is 0.255 e. The highest BCUT2D eigenvalue weighted by atomic mass is 35.5. The summed E-state index contributed by atoms with van der Waals surface area (Å²) < 4.78 is 33.0. The number of amides is 1. The number of halogens is 1. The molecule has 0 aliphatic heterocycles. The predicted molar refractivity (Wildman–Crippen MR) is 90.3 cm³/mol. The zero-order valence-electron chi connectivity index (χ0n) is 12.9. The van der Waals surface area contributed by atoms with Crippen molar-refractivity contribution < 1.29 is 22.7 Å². The first-order valence-electron chi connectivity index (χ1n) is 6.62. The standard InChI is InChI=1S/C15H15ClN2O5S/c1-22-13-7-9(6-12(16)14(13)23-2)15(19)18-10-4-3-5-11(8-10)24(17,20)21/h3-8H,1-2H3,(H,18,19)(H2,17,20,21). The molecule has 0 aliphatic rings. The van der Waals surface area contributed by atoms with E-state index in [1.807, 2.05) is 0 Å². The summed E-state index contributed by atoms with van der Waals surface area (Å²) in [6.45, 7) is 0. The van der Waals surface area contributed by atoms with Crippen LogP contribution in [0.2, 0.25) is 5.02 Å². The lowest BCUT2D eigenvalue weighted by Crippen LogP contribution is -2.15. The molecule has 2 aromatic rings. The van der Waals surface area contributed by atoms with E-state index in [9.17, 15) is 13.2 Å². The van der Waals surface area contributed by atoms with Gasteiger partial charge in [0.2, 0.25) is 10.0 Å². The van der Waals surface area contributed by atoms with E-state index in [1.165, 1.54) is 50.6 Å². The highest BCUT2D eigenvalue weighted by molar-refractivity contribution is 7.89. The zero-order chi connectivity index (χ0) is 17.9. The van der Waals surface area contributed by atoms with E-state index in [1.54, 1.807) is 0 Å². The minimum Gasteiger partial charge on any atom is -0.493 e. The van der Waals surface area contributed by atoms with Crippen molar-refractivity contribution >= 4 is 33.2 Å². The van der Waals surface area contributed by atoms with Crippen LogP contribution >= 0.6 is 11.6 Å². The Balaban J connectivity index is 2.32. The summed E-state index contributed by atoms with van der Waals surface area (Å²) in [5.74, 6) is 0.116. The number of benzene rings is 2. The number of ether oxygens (including phenoxy) is 2. The Labute approximate surface area is 144 Å². The lowest BCUT2D eigenvalue weighted by atomic mass is 10.1. The molecule has 2 rings (SSSR count). The molecule has 0 aromatic heterocycles. The Kier molecular flexibility index (Phi) is 5.33. The van der Waals surface area contributed by atoms with Crippen LogP contribution in [0.4, 0.5) is 5.69 Å². The maximum atomic E-state index is 12.3. The molecule has 9 heteroatoms. The Morgan fingerprint density at radius 2 is 1.88 bits per heavy atom. The number of rotatable bonds is 5. The molecule has 0 radical (unpaired) electrons. The first-order chi connectivity index (χ1) is 11.3. The van der Waals surface area contributed by atoms with Gasteiger partial charge >= 0.3 is 0 Å². The Hall–Kier alpha value is -2.29. The van der Waals surface area contributed by atoms with Crippen molar-refractivity contribution in [3.8, 4) is 11.5 Å². The van der Waals surface area contributed by atoms with E-state index >= 15 is 0 Å². The fraction of sp³-hybridized carbons (Fsp3) is 0.133. The van der Waals surface area contributed by atoms with Crippen LogP contribution in [0.15, 0.2) is 41.3 Å². The minimum atomic E-state index is -3.86. The third-order valence-corrected chi connectivity index (χ3v) is 4.31. The van der Waals surface area contributed by atoms with E-state index in [-0.39, 0.29) is 21.2 Å². The zero-order valence-corrected chi connectivity index (χ0v) is 14.4. The lowest BCUT2D eigenvalue weighted by molar-refractivity contribution is 0.102. The van der Waals surface area contributed by atoms with Crippen molar-refractivity contribution in [2.75, 3.05) is 19.5 Å². The first-order valence-corrected chi connectivity index (χ1v) is 8.54. The molecule has 0 saturated heterocycles. The number of methoxy groups -OCH3 is 2. The normalized spacial score (nSPS) is 11.0. The van der Waals surface area contributed by atoms with Gasteiger partial charge < -0.3 is 14.8 Å². The van der Waals surface area contributed by atoms with Gasteiger partial charge in [-0.15, -0.1) is 0 Å². The average Bonchev–Trinajstić information content (AvgIpc) is 2.53. The summed E-state index contributed by atoms with van der Waals surface area (Å²) >= 11 is 6.06. The highest BCUT2D eigenvalue weighted by Gasteiger charge is 2.16. The van der Waals surface area contributed by atoms with Gasteiger partial charge in [-0.1, -0.05) is 17.7 Å². The van der Waals surface area contributed by atoms with E-state index in [0.717, 1.165) is 0 Å². The first kappa shape index (κ1) is 18.1. The van der Waals surface area contributed by atoms with Gasteiger partial charge in [-0.2, -0.15) is 0 Å². The third kappa shape index (κ3) is 3.97. The number of primary sulfonamides is 1. The molecule has 0 fully saturated rings. The van der Waals surface area contributed by atoms with Crippen molar-refractivity contribution in [2.24, 2.45) is 5.14 Å². The lowest BCUT2D eigenvalue weighted by Gasteiger charge is -2.12. The molecule has 0 saturated carbocycles. The molecule has 0 atom stereocenters. The topological polar surface area (TPSA) is 108 Å². The maximum Gasteiger partial charge on any atom is 0.255 e. The van der Waals surface area contributed by atoms with Crippen LogP contribution < -0.4 is 19.9 Å². The summed E-state index contributed by atoms with van der Waals surface area (Å²) in [7, 11) is -1.01. The molecular weight excluding hydrogens is 356 g/mol. The molecule has 0 bridgehead atoms. The van der Waals surface area contributed by atoms with Crippen molar-refractivity contribution in [1.29, 1.82) is 0 Å². The van der Waals surface area contributed by atoms with Gasteiger partial charge in [0.1, 0.15) is 0 Å². The molecule has 7 nitrogen and oxygen atoms in total. The van der Waals surface area contributed by atoms with Crippen molar-refractivity contribution in [3.05, 3.63) is 47.0 Å². The summed E-state index contributed by atoms with van der Waals surface area (Å²) in [6, 6.07) is 8.48. The van der Waals surface area contributed by atoms with Crippen LogP contribution in [0, 0.1) is 0 Å². The molecule has 3 N–H and O–H groups in total. The second kappa shape index (κ2) is 7.08. The van der Waals surface area contributed by atoms with Gasteiger partial charge in [-0.05, 0) is 30.3 Å². The molecule has 0 spiro atoms. The van der Waals surface area contributed by atoms with Gasteiger partial charge in [0, 0.05) is 11.3 Å². The predicted octanol–water partition coefficient (Wildman–Crippen LogP) is 2.26. The van der Waals surface area contributed by atoms with Gasteiger partial charge in [0.05, 0.1) is 24.1 Å². The van der Waals surface area contributed by atoms with Crippen LogP contribution in [-0.2, 0) is 10.0 Å². The van der Waals surface area contributed by atoms with E-state index in [4.69, 9.17) is 26.2 Å². The van der Waals surface area contributed by atoms with Gasteiger partial charge in [-0.25, -0.2) is 13.6 Å². The van der Waals surface area contributed by atoms with Crippen LogP contribution in [0.5, 0.6) is 11.5 Å². The Morgan fingerprint density at radius 3 is 2.46 bits per heavy atom. The fourth-order valence-corrected chi connectivity index (χ4v) is 2.85. The highest BCUT2D eigenvalue weighted by Crippen LogP contribution is 2.36. The fourth-order valence-electron chi connectivity index (χ4n) is 2.00. The maximum absolute atomic E-state index is 12.3. The summed E-state index contributed by atoms with van der Waals surface area (Å²) in [5.41, 5.74) is 0.496. The second-order valence-corrected chi connectivity index (χ2v) is 6.69. The third-order valence-electron chi connectivity index (χ3n) is 3.12. The second-order valence-electron chi connectivity index (χ2n) is 4.72. The molecule has 2 aromatic carbocycles. The molecular formula is C15H15ClN2O5S. The van der Waals surface area contributed by atoms with Gasteiger partial charge in [0.25, 0.3) is 5.91 Å². The van der Waals surface area contributed by atoms with Crippen molar-refractivity contribution in [2.45, 2.75) is 4.90 Å². The Morgan fingerprint density at radius 1 is 1.17 bits per heavy atom. The van der Waals surface area contributed by atoms with Crippen LogP contribution in [0.25, 0.3) is 0 Å². The number of carbonyl (C=O) groups is 1. The minimum absolute atomic E-state index is 0.106. The molecule has 1 amide bonds. The number of nitrogens with two attached hydrogens (primary N) is 1. The van der Waals surface area contributed by atoms with Crippen molar-refractivity contribution in [3.63, 3.8) is 0 Å². The number of anilines is 1. The average molecular weight is 371 g/mol. The number of hydrogen-bond acceptors (Lipinski definition) is 5. The van der Waals surface area contributed by atoms with E-state index in [2.05, 4.69) is 5.32 Å². The number of sulfonamides is 1. The van der Waals surface area contributed by atoms with E-state index in [0.29, 0.717) is 11.5 Å². The van der Waals surface area contributed by atoms with Gasteiger partial charge in [0.15, 0.2) is 11.5 Å². The molecule has 0 aliphatic carbocycles. The molecule has 0 unspecified atom stereocenters. The summed E-state index contributed by atoms with van der Waals surface area (Å²) in [4.78, 5) is 12.2. The summed E-state index contributed by atoms with van der Waals surface area (Å²) in [6.07, 6.45) is 0. The Bertz CT molecular complexity index is 883. The molecule has 128 valence electrons. The molecule has 24 heavy (non-hydrogen) atoms. The van der Waals surface area contributed by atoms with E-state index < -0.39 is 15.9 Å². The largest absolute Gasteiger partial charge is 0.493 e. The molecule has 0 heterocycles. The number of hydrogen-bond donors (Lipinski definition) is 2.